The maximum atomic E-state index is 12.7. The Balaban J connectivity index is 1.91. The molecule has 1 amide bonds. The van der Waals surface area contributed by atoms with Gasteiger partial charge >= 0.3 is 6.18 Å². The highest BCUT2D eigenvalue weighted by Gasteiger charge is 2.48. The number of carbonyl (C=O) groups excluding carboxylic acids is 1. The van der Waals surface area contributed by atoms with E-state index in [0.29, 0.717) is 11.6 Å². The topological polar surface area (TPSA) is 23.6 Å². The van der Waals surface area contributed by atoms with Crippen molar-refractivity contribution in [1.29, 1.82) is 0 Å². The molecule has 1 aromatic carbocycles. The average Bonchev–Trinajstić information content (AvgIpc) is 3.02. The van der Waals surface area contributed by atoms with Crippen molar-refractivity contribution in [3.8, 4) is 0 Å². The second-order valence-electron chi connectivity index (χ2n) is 6.76. The van der Waals surface area contributed by atoms with E-state index in [1.54, 1.807) is 4.90 Å². The third-order valence-corrected chi connectivity index (χ3v) is 4.65. The minimum absolute atomic E-state index is 0.0212. The van der Waals surface area contributed by atoms with Crippen LogP contribution in [0.25, 0.3) is 0 Å². The standard InChI is InChI=1S/C17H21F3N2O/c1-11(2)10-15-21-9-3-4-14(21)16(23)22(15)13-7-5-12(6-8-13)17(18,19)20/h5-8,11,14-15H,3-4,9-10H2,1-2H3/t14-,15+/m0/s1. The number of rotatable bonds is 3. The predicted octanol–water partition coefficient (Wildman–Crippen LogP) is 3.89. The Morgan fingerprint density at radius 1 is 1.22 bits per heavy atom. The Hall–Kier alpha value is -1.56. The molecule has 2 aliphatic heterocycles. The lowest BCUT2D eigenvalue weighted by molar-refractivity contribution is -0.137. The minimum Gasteiger partial charge on any atom is -0.295 e. The molecule has 3 nitrogen and oxygen atoms in total. The smallest absolute Gasteiger partial charge is 0.295 e. The Kier molecular flexibility index (Phi) is 4.12. The second kappa shape index (κ2) is 5.82. The zero-order chi connectivity index (χ0) is 16.8. The van der Waals surface area contributed by atoms with Crippen LogP contribution >= 0.6 is 0 Å². The maximum absolute atomic E-state index is 12.7. The first-order valence-electron chi connectivity index (χ1n) is 8.05. The Labute approximate surface area is 134 Å². The summed E-state index contributed by atoms with van der Waals surface area (Å²) >= 11 is 0. The molecule has 0 aliphatic carbocycles. The summed E-state index contributed by atoms with van der Waals surface area (Å²) in [6, 6.07) is 4.82. The molecular formula is C17H21F3N2O. The SMILES string of the molecule is CC(C)C[C@H]1N(c2ccc(C(F)(F)F)cc2)C(=O)[C@@H]2CCCN21. The van der Waals surface area contributed by atoms with E-state index in [2.05, 4.69) is 18.7 Å². The maximum Gasteiger partial charge on any atom is 0.416 e. The Morgan fingerprint density at radius 3 is 2.43 bits per heavy atom. The number of nitrogens with zero attached hydrogens (tertiary/aromatic N) is 2. The summed E-state index contributed by atoms with van der Waals surface area (Å²) in [6.07, 6.45) is -1.74. The monoisotopic (exact) mass is 326 g/mol. The number of hydrogen-bond donors (Lipinski definition) is 0. The van der Waals surface area contributed by atoms with Gasteiger partial charge in [0.15, 0.2) is 0 Å². The van der Waals surface area contributed by atoms with Gasteiger partial charge in [-0.05, 0) is 49.4 Å². The third kappa shape index (κ3) is 2.96. The van der Waals surface area contributed by atoms with Crippen LogP contribution in [0.3, 0.4) is 0 Å². The molecule has 6 heteroatoms. The molecule has 3 rings (SSSR count). The van der Waals surface area contributed by atoms with Crippen molar-refractivity contribution in [2.45, 2.75) is 51.5 Å². The van der Waals surface area contributed by atoms with Gasteiger partial charge in [0.2, 0.25) is 5.91 Å². The van der Waals surface area contributed by atoms with Crippen LogP contribution < -0.4 is 4.90 Å². The zero-order valence-electron chi connectivity index (χ0n) is 13.3. The molecule has 2 aliphatic rings. The first-order chi connectivity index (χ1) is 10.8. The van der Waals surface area contributed by atoms with Crippen molar-refractivity contribution >= 4 is 11.6 Å². The molecule has 0 spiro atoms. The van der Waals surface area contributed by atoms with Gasteiger partial charge in [0, 0.05) is 12.2 Å². The summed E-state index contributed by atoms with van der Waals surface area (Å²) in [7, 11) is 0. The molecule has 0 unspecified atom stereocenters. The fraction of sp³-hybridized carbons (Fsp3) is 0.588. The molecule has 2 heterocycles. The molecule has 0 aromatic heterocycles. The molecule has 2 fully saturated rings. The van der Waals surface area contributed by atoms with Crippen LogP contribution in [0, 0.1) is 5.92 Å². The van der Waals surface area contributed by atoms with Crippen molar-refractivity contribution < 1.29 is 18.0 Å². The molecule has 0 N–H and O–H groups in total. The normalized spacial score (nSPS) is 25.5. The molecule has 2 atom stereocenters. The van der Waals surface area contributed by atoms with Gasteiger partial charge in [-0.15, -0.1) is 0 Å². The zero-order valence-corrected chi connectivity index (χ0v) is 13.3. The average molecular weight is 326 g/mol. The summed E-state index contributed by atoms with van der Waals surface area (Å²) in [5.41, 5.74) is -0.128. The van der Waals surface area contributed by atoms with E-state index in [0.717, 1.165) is 37.9 Å². The molecule has 0 bridgehead atoms. The molecular weight excluding hydrogens is 305 g/mol. The highest BCUT2D eigenvalue weighted by Crippen LogP contribution is 2.38. The van der Waals surface area contributed by atoms with Gasteiger partial charge in [0.05, 0.1) is 17.8 Å². The lowest BCUT2D eigenvalue weighted by Crippen LogP contribution is -2.40. The van der Waals surface area contributed by atoms with Crippen molar-refractivity contribution in [3.05, 3.63) is 29.8 Å². The van der Waals surface area contributed by atoms with Crippen LogP contribution in [0.1, 0.15) is 38.7 Å². The van der Waals surface area contributed by atoms with E-state index < -0.39 is 11.7 Å². The Morgan fingerprint density at radius 2 is 1.87 bits per heavy atom. The van der Waals surface area contributed by atoms with Gasteiger partial charge in [-0.25, -0.2) is 0 Å². The summed E-state index contributed by atoms with van der Waals surface area (Å²) in [5.74, 6) is 0.428. The molecule has 0 radical (unpaired) electrons. The summed E-state index contributed by atoms with van der Waals surface area (Å²) < 4.78 is 38.2. The largest absolute Gasteiger partial charge is 0.416 e. The van der Waals surface area contributed by atoms with E-state index in [9.17, 15) is 18.0 Å². The van der Waals surface area contributed by atoms with Crippen LogP contribution in [0.5, 0.6) is 0 Å². The Bertz CT molecular complexity index is 582. The molecule has 126 valence electrons. The van der Waals surface area contributed by atoms with Gasteiger partial charge in [0.1, 0.15) is 0 Å². The van der Waals surface area contributed by atoms with E-state index in [-0.39, 0.29) is 18.1 Å². The number of anilines is 1. The van der Waals surface area contributed by atoms with Crippen LogP contribution in [-0.2, 0) is 11.0 Å². The molecule has 0 saturated carbocycles. The first-order valence-corrected chi connectivity index (χ1v) is 8.05. The van der Waals surface area contributed by atoms with Crippen molar-refractivity contribution in [1.82, 2.24) is 4.90 Å². The van der Waals surface area contributed by atoms with Gasteiger partial charge < -0.3 is 0 Å². The molecule has 1 aromatic rings. The molecule has 23 heavy (non-hydrogen) atoms. The minimum atomic E-state index is -4.36. The van der Waals surface area contributed by atoms with Gasteiger partial charge in [-0.2, -0.15) is 13.2 Å². The lowest BCUT2D eigenvalue weighted by atomic mass is 10.1. The highest BCUT2D eigenvalue weighted by atomic mass is 19.4. The number of carbonyl (C=O) groups is 1. The predicted molar refractivity (Wildman–Crippen MR) is 81.9 cm³/mol. The fourth-order valence-electron chi connectivity index (χ4n) is 3.64. The van der Waals surface area contributed by atoms with Crippen molar-refractivity contribution in [2.75, 3.05) is 11.4 Å². The molecule has 2 saturated heterocycles. The number of halogens is 3. The van der Waals surface area contributed by atoms with Crippen molar-refractivity contribution in [3.63, 3.8) is 0 Å². The fourth-order valence-corrected chi connectivity index (χ4v) is 3.64. The van der Waals surface area contributed by atoms with E-state index >= 15 is 0 Å². The van der Waals surface area contributed by atoms with E-state index in [1.165, 1.54) is 12.1 Å². The quantitative estimate of drug-likeness (QED) is 0.841. The number of hydrogen-bond acceptors (Lipinski definition) is 2. The van der Waals surface area contributed by atoms with Crippen LogP contribution in [0.2, 0.25) is 0 Å². The van der Waals surface area contributed by atoms with Gasteiger partial charge in [-0.1, -0.05) is 13.8 Å². The second-order valence-corrected chi connectivity index (χ2v) is 6.76. The van der Waals surface area contributed by atoms with Crippen LogP contribution in [-0.4, -0.2) is 29.6 Å². The van der Waals surface area contributed by atoms with E-state index in [1.807, 2.05) is 0 Å². The van der Waals surface area contributed by atoms with E-state index in [4.69, 9.17) is 0 Å². The van der Waals surface area contributed by atoms with Gasteiger partial charge in [-0.3, -0.25) is 14.6 Å². The summed E-state index contributed by atoms with van der Waals surface area (Å²) in [6.45, 7) is 5.07. The third-order valence-electron chi connectivity index (χ3n) is 4.65. The number of fused-ring (bicyclic) bond motifs is 1. The number of amides is 1. The summed E-state index contributed by atoms with van der Waals surface area (Å²) in [4.78, 5) is 16.6. The van der Waals surface area contributed by atoms with Crippen LogP contribution in [0.4, 0.5) is 18.9 Å². The van der Waals surface area contributed by atoms with Crippen LogP contribution in [0.15, 0.2) is 24.3 Å². The first kappa shape index (κ1) is 16.3. The summed E-state index contributed by atoms with van der Waals surface area (Å²) in [5, 5.41) is 0. The number of benzene rings is 1. The van der Waals surface area contributed by atoms with Gasteiger partial charge in [0.25, 0.3) is 0 Å². The van der Waals surface area contributed by atoms with Crippen molar-refractivity contribution in [2.24, 2.45) is 5.92 Å². The lowest BCUT2D eigenvalue weighted by Gasteiger charge is -2.30. The number of alkyl halides is 3. The highest BCUT2D eigenvalue weighted by molar-refractivity contribution is 6.00.